The number of hydrogen-bond acceptors (Lipinski definition) is 6. The quantitative estimate of drug-likeness (QED) is 0.448. The van der Waals surface area contributed by atoms with Crippen molar-refractivity contribution in [2.45, 2.75) is 39.8 Å². The number of benzene rings is 1. The first kappa shape index (κ1) is 19.1. The Kier molecular flexibility index (Phi) is 7.71. The molecule has 0 aliphatic heterocycles. The molecule has 0 aliphatic rings. The van der Waals surface area contributed by atoms with Gasteiger partial charge in [-0.3, -0.25) is 4.79 Å². The predicted molar refractivity (Wildman–Crippen MR) is 86.1 cm³/mol. The van der Waals surface area contributed by atoms with Crippen LogP contribution in [0.15, 0.2) is 24.3 Å². The highest BCUT2D eigenvalue weighted by Gasteiger charge is 2.09. The van der Waals surface area contributed by atoms with Crippen molar-refractivity contribution < 1.29 is 23.8 Å². The lowest BCUT2D eigenvalue weighted by Gasteiger charge is -2.20. The third-order valence-electron chi connectivity index (χ3n) is 2.72. The molecule has 0 aromatic heterocycles. The van der Waals surface area contributed by atoms with Crippen LogP contribution in [0.4, 0.5) is 0 Å². The van der Waals surface area contributed by atoms with Crippen molar-refractivity contribution in [3.8, 4) is 5.75 Å². The lowest BCUT2D eigenvalue weighted by molar-refractivity contribution is -0.142. The molecule has 0 unspecified atom stereocenters. The molecule has 6 heteroatoms. The summed E-state index contributed by atoms with van der Waals surface area (Å²) in [4.78, 5) is 22.4. The minimum absolute atomic E-state index is 0.0255. The Hall–Kier alpha value is -1.92. The molecule has 0 saturated carbocycles. The Morgan fingerprint density at radius 1 is 1.13 bits per heavy atom. The van der Waals surface area contributed by atoms with Gasteiger partial charge in [0.05, 0.1) is 6.61 Å². The highest BCUT2D eigenvalue weighted by Crippen LogP contribution is 2.13. The summed E-state index contributed by atoms with van der Waals surface area (Å²) < 4.78 is 15.3. The van der Waals surface area contributed by atoms with E-state index < -0.39 is 5.97 Å². The maximum Gasteiger partial charge on any atom is 0.337 e. The van der Waals surface area contributed by atoms with Crippen molar-refractivity contribution in [2.24, 2.45) is 0 Å². The number of ether oxygens (including phenoxy) is 3. The zero-order valence-corrected chi connectivity index (χ0v) is 14.2. The number of rotatable bonds is 8. The van der Waals surface area contributed by atoms with E-state index >= 15 is 0 Å². The van der Waals surface area contributed by atoms with Gasteiger partial charge in [-0.15, -0.1) is 0 Å². The second-order valence-electron chi connectivity index (χ2n) is 6.13. The SMILES string of the molecule is CC(=O)OCc1ccc(OC(=O)COCCNC(C)(C)C)cc1. The minimum Gasteiger partial charge on any atom is -0.461 e. The van der Waals surface area contributed by atoms with E-state index in [0.29, 0.717) is 18.9 Å². The Balaban J connectivity index is 2.25. The molecule has 0 fully saturated rings. The second-order valence-corrected chi connectivity index (χ2v) is 6.13. The van der Waals surface area contributed by atoms with Gasteiger partial charge in [0.15, 0.2) is 0 Å². The number of carbonyl (C=O) groups excluding carboxylic acids is 2. The zero-order valence-electron chi connectivity index (χ0n) is 14.2. The van der Waals surface area contributed by atoms with Crippen molar-refractivity contribution in [3.63, 3.8) is 0 Å². The summed E-state index contributed by atoms with van der Waals surface area (Å²) >= 11 is 0. The standard InChI is InChI=1S/C17H25NO5/c1-13(19)22-11-14-5-7-15(8-6-14)23-16(20)12-21-10-9-18-17(2,3)4/h5-8,18H,9-12H2,1-4H3. The van der Waals surface area contributed by atoms with Crippen LogP contribution in [0, 0.1) is 0 Å². The van der Waals surface area contributed by atoms with Crippen molar-refractivity contribution in [1.82, 2.24) is 5.32 Å². The van der Waals surface area contributed by atoms with E-state index in [1.807, 2.05) is 0 Å². The van der Waals surface area contributed by atoms with E-state index in [1.165, 1.54) is 6.92 Å². The van der Waals surface area contributed by atoms with Crippen LogP contribution in [0.3, 0.4) is 0 Å². The molecule has 6 nitrogen and oxygen atoms in total. The predicted octanol–water partition coefficient (Wildman–Crippen LogP) is 2.06. The highest BCUT2D eigenvalue weighted by molar-refractivity contribution is 5.73. The molecule has 0 amide bonds. The van der Waals surface area contributed by atoms with Crippen LogP contribution in [0.2, 0.25) is 0 Å². The summed E-state index contributed by atoms with van der Waals surface area (Å²) in [5.41, 5.74) is 0.849. The molecule has 0 atom stereocenters. The Morgan fingerprint density at radius 2 is 1.78 bits per heavy atom. The van der Waals surface area contributed by atoms with Gasteiger partial charge < -0.3 is 19.5 Å². The third-order valence-corrected chi connectivity index (χ3v) is 2.72. The smallest absolute Gasteiger partial charge is 0.337 e. The van der Waals surface area contributed by atoms with E-state index in [2.05, 4.69) is 26.1 Å². The van der Waals surface area contributed by atoms with Crippen LogP contribution in [-0.2, 0) is 25.7 Å². The van der Waals surface area contributed by atoms with Gasteiger partial charge in [-0.2, -0.15) is 0 Å². The number of esters is 2. The van der Waals surface area contributed by atoms with Crippen LogP contribution in [-0.4, -0.2) is 37.2 Å². The molecule has 1 aromatic carbocycles. The lowest BCUT2D eigenvalue weighted by atomic mass is 10.1. The summed E-state index contributed by atoms with van der Waals surface area (Å²) in [5, 5.41) is 3.26. The van der Waals surface area contributed by atoms with Crippen molar-refractivity contribution in [2.75, 3.05) is 19.8 Å². The van der Waals surface area contributed by atoms with Crippen LogP contribution in [0.25, 0.3) is 0 Å². The summed E-state index contributed by atoms with van der Waals surface area (Å²) in [6.07, 6.45) is 0. The maximum absolute atomic E-state index is 11.6. The second kappa shape index (κ2) is 9.27. The molecule has 0 aliphatic carbocycles. The van der Waals surface area contributed by atoms with Gasteiger partial charge in [-0.25, -0.2) is 4.79 Å². The molecule has 0 radical (unpaired) electrons. The maximum atomic E-state index is 11.6. The van der Waals surface area contributed by atoms with E-state index in [0.717, 1.165) is 5.56 Å². The van der Waals surface area contributed by atoms with Gasteiger partial charge in [-0.05, 0) is 38.5 Å². The average Bonchev–Trinajstić information content (AvgIpc) is 2.45. The van der Waals surface area contributed by atoms with E-state index in [9.17, 15) is 9.59 Å². The van der Waals surface area contributed by atoms with Crippen molar-refractivity contribution in [3.05, 3.63) is 29.8 Å². The van der Waals surface area contributed by atoms with Crippen molar-refractivity contribution >= 4 is 11.9 Å². The third kappa shape index (κ3) is 9.65. The fraction of sp³-hybridized carbons (Fsp3) is 0.529. The van der Waals surface area contributed by atoms with Gasteiger partial charge >= 0.3 is 11.9 Å². The summed E-state index contributed by atoms with van der Waals surface area (Å²) in [5.74, 6) is -0.356. The first-order valence-corrected chi connectivity index (χ1v) is 7.52. The molecule has 0 saturated heterocycles. The number of carbonyl (C=O) groups is 2. The van der Waals surface area contributed by atoms with Gasteiger partial charge in [0, 0.05) is 19.0 Å². The lowest BCUT2D eigenvalue weighted by Crippen LogP contribution is -2.38. The molecule has 23 heavy (non-hydrogen) atoms. The Bertz CT molecular complexity index is 505. The fourth-order valence-corrected chi connectivity index (χ4v) is 1.65. The molecular formula is C17H25NO5. The van der Waals surface area contributed by atoms with Gasteiger partial charge in [-0.1, -0.05) is 12.1 Å². The average molecular weight is 323 g/mol. The van der Waals surface area contributed by atoms with E-state index in [4.69, 9.17) is 14.2 Å². The topological polar surface area (TPSA) is 73.9 Å². The monoisotopic (exact) mass is 323 g/mol. The normalized spacial score (nSPS) is 11.1. The first-order chi connectivity index (χ1) is 10.8. The molecule has 1 rings (SSSR count). The van der Waals surface area contributed by atoms with Crippen LogP contribution >= 0.6 is 0 Å². The number of nitrogens with one attached hydrogen (secondary N) is 1. The number of hydrogen-bond donors (Lipinski definition) is 1. The molecule has 0 spiro atoms. The van der Waals surface area contributed by atoms with Crippen molar-refractivity contribution in [1.29, 1.82) is 0 Å². The molecule has 128 valence electrons. The summed E-state index contributed by atoms with van der Waals surface area (Å²) in [6.45, 7) is 8.75. The summed E-state index contributed by atoms with van der Waals surface area (Å²) in [6, 6.07) is 6.77. The molecule has 1 N–H and O–H groups in total. The Labute approximate surface area is 137 Å². The summed E-state index contributed by atoms with van der Waals surface area (Å²) in [7, 11) is 0. The van der Waals surface area contributed by atoms with Gasteiger partial charge in [0.1, 0.15) is 19.0 Å². The van der Waals surface area contributed by atoms with Crippen LogP contribution in [0.5, 0.6) is 5.75 Å². The van der Waals surface area contributed by atoms with E-state index in [-0.39, 0.29) is 24.7 Å². The molecule has 0 heterocycles. The molecule has 0 bridgehead atoms. The van der Waals surface area contributed by atoms with Gasteiger partial charge in [0.2, 0.25) is 0 Å². The highest BCUT2D eigenvalue weighted by atomic mass is 16.6. The van der Waals surface area contributed by atoms with Gasteiger partial charge in [0.25, 0.3) is 0 Å². The van der Waals surface area contributed by atoms with E-state index in [1.54, 1.807) is 24.3 Å². The minimum atomic E-state index is -0.450. The Morgan fingerprint density at radius 3 is 2.35 bits per heavy atom. The fourth-order valence-electron chi connectivity index (χ4n) is 1.65. The first-order valence-electron chi connectivity index (χ1n) is 7.52. The molecular weight excluding hydrogens is 298 g/mol. The zero-order chi connectivity index (χ0) is 17.3. The van der Waals surface area contributed by atoms with Crippen LogP contribution in [0.1, 0.15) is 33.3 Å². The molecule has 1 aromatic rings. The largest absolute Gasteiger partial charge is 0.461 e. The van der Waals surface area contributed by atoms with Crippen LogP contribution < -0.4 is 10.1 Å².